The molecule has 0 fully saturated rings. The van der Waals surface area contributed by atoms with Crippen molar-refractivity contribution in [1.82, 2.24) is 0 Å². The Morgan fingerprint density at radius 1 is 0.941 bits per heavy atom. The first-order chi connectivity index (χ1) is 8.06. The lowest BCUT2D eigenvalue weighted by molar-refractivity contribution is 0.627. The molecule has 0 aromatic heterocycles. The van der Waals surface area contributed by atoms with Crippen LogP contribution in [0.1, 0.15) is 0 Å². The summed E-state index contributed by atoms with van der Waals surface area (Å²) in [6, 6.07) is 8.23. The van der Waals surface area contributed by atoms with Gasteiger partial charge in [0.25, 0.3) is 0 Å². The van der Waals surface area contributed by atoms with Crippen molar-refractivity contribution in [2.45, 2.75) is 0 Å². The smallest absolute Gasteiger partial charge is 0.125 e. The summed E-state index contributed by atoms with van der Waals surface area (Å²) in [6.07, 6.45) is 0. The first-order valence-corrected chi connectivity index (χ1v) is 5.62. The maximum atomic E-state index is 13.1. The van der Waals surface area contributed by atoms with E-state index < -0.39 is 5.82 Å². The topological polar surface area (TPSA) is 38.0 Å². The lowest BCUT2D eigenvalue weighted by atomic mass is 10.2. The van der Waals surface area contributed by atoms with E-state index in [1.165, 1.54) is 30.3 Å². The Bertz CT molecular complexity index is 558. The Balaban J connectivity index is 2.34. The number of rotatable bonds is 2. The van der Waals surface area contributed by atoms with Gasteiger partial charge in [0.15, 0.2) is 0 Å². The predicted octanol–water partition coefficient (Wildman–Crippen LogP) is 4.05. The van der Waals surface area contributed by atoms with Crippen LogP contribution in [0.25, 0.3) is 0 Å². The third-order valence-corrected chi connectivity index (χ3v) is 2.90. The molecule has 3 N–H and O–H groups in total. The van der Waals surface area contributed by atoms with Gasteiger partial charge in [-0.05, 0) is 52.3 Å². The molecule has 17 heavy (non-hydrogen) atoms. The summed E-state index contributed by atoms with van der Waals surface area (Å²) in [6.45, 7) is 0. The quantitative estimate of drug-likeness (QED) is 0.821. The number of hydrogen-bond donors (Lipinski definition) is 2. The van der Waals surface area contributed by atoms with Gasteiger partial charge >= 0.3 is 0 Å². The Hall–Kier alpha value is -1.62. The average molecular weight is 299 g/mol. The van der Waals surface area contributed by atoms with E-state index in [9.17, 15) is 8.78 Å². The van der Waals surface area contributed by atoms with Gasteiger partial charge in [-0.25, -0.2) is 8.78 Å². The molecule has 0 spiro atoms. The fourth-order valence-electron chi connectivity index (χ4n) is 1.39. The molecule has 0 radical (unpaired) electrons. The Labute approximate surface area is 106 Å². The van der Waals surface area contributed by atoms with Crippen molar-refractivity contribution >= 4 is 33.0 Å². The van der Waals surface area contributed by atoms with Crippen LogP contribution in [0.5, 0.6) is 0 Å². The molecule has 0 bridgehead atoms. The maximum absolute atomic E-state index is 13.1. The van der Waals surface area contributed by atoms with Gasteiger partial charge in [0.05, 0.1) is 17.1 Å². The van der Waals surface area contributed by atoms with Crippen LogP contribution in [0.2, 0.25) is 0 Å². The Morgan fingerprint density at radius 2 is 1.59 bits per heavy atom. The van der Waals surface area contributed by atoms with E-state index in [0.717, 1.165) is 0 Å². The molecule has 2 aromatic rings. The van der Waals surface area contributed by atoms with Crippen LogP contribution in [-0.2, 0) is 0 Å². The van der Waals surface area contributed by atoms with Gasteiger partial charge in [0.2, 0.25) is 0 Å². The SMILES string of the molecule is Nc1cc(F)ccc1Nc1cc(F)ccc1Br. The lowest BCUT2D eigenvalue weighted by Crippen LogP contribution is -1.98. The Morgan fingerprint density at radius 3 is 2.29 bits per heavy atom. The zero-order valence-corrected chi connectivity index (χ0v) is 10.3. The molecule has 0 saturated heterocycles. The van der Waals surface area contributed by atoms with E-state index >= 15 is 0 Å². The molecule has 0 amide bonds. The molecule has 2 nitrogen and oxygen atoms in total. The number of hydrogen-bond acceptors (Lipinski definition) is 2. The monoisotopic (exact) mass is 298 g/mol. The summed E-state index contributed by atoms with van der Waals surface area (Å²) in [5.74, 6) is -0.775. The number of benzene rings is 2. The molecule has 0 saturated carbocycles. The zero-order chi connectivity index (χ0) is 12.4. The van der Waals surface area contributed by atoms with E-state index in [4.69, 9.17) is 5.73 Å². The number of nitrogens with two attached hydrogens (primary N) is 1. The summed E-state index contributed by atoms with van der Waals surface area (Å²) >= 11 is 3.28. The molecule has 2 aromatic carbocycles. The molecule has 0 aliphatic rings. The number of anilines is 3. The molecule has 88 valence electrons. The van der Waals surface area contributed by atoms with E-state index in [0.29, 0.717) is 15.8 Å². The third kappa shape index (κ3) is 2.74. The second-order valence-corrected chi connectivity index (χ2v) is 4.34. The summed E-state index contributed by atoms with van der Waals surface area (Å²) in [5, 5.41) is 2.93. The van der Waals surface area contributed by atoms with Gasteiger partial charge < -0.3 is 11.1 Å². The van der Waals surface area contributed by atoms with Crippen LogP contribution in [-0.4, -0.2) is 0 Å². The van der Waals surface area contributed by atoms with Crippen LogP contribution < -0.4 is 11.1 Å². The van der Waals surface area contributed by atoms with Crippen molar-refractivity contribution in [3.05, 3.63) is 52.5 Å². The third-order valence-electron chi connectivity index (χ3n) is 2.21. The first-order valence-electron chi connectivity index (χ1n) is 4.83. The fraction of sp³-hybridized carbons (Fsp3) is 0. The van der Waals surface area contributed by atoms with E-state index in [1.54, 1.807) is 6.07 Å². The van der Waals surface area contributed by atoms with Crippen LogP contribution in [0.3, 0.4) is 0 Å². The van der Waals surface area contributed by atoms with Crippen molar-refractivity contribution < 1.29 is 8.78 Å². The number of nitrogen functional groups attached to an aromatic ring is 1. The van der Waals surface area contributed by atoms with Crippen molar-refractivity contribution in [2.24, 2.45) is 0 Å². The molecule has 0 aliphatic carbocycles. The summed E-state index contributed by atoms with van der Waals surface area (Å²) in [4.78, 5) is 0. The molecular weight excluding hydrogens is 290 g/mol. The van der Waals surface area contributed by atoms with Gasteiger partial charge in [-0.3, -0.25) is 0 Å². The molecular formula is C12H9BrF2N2. The predicted molar refractivity (Wildman–Crippen MR) is 68.2 cm³/mol. The average Bonchev–Trinajstić information content (AvgIpc) is 2.27. The molecule has 5 heteroatoms. The summed E-state index contributed by atoms with van der Waals surface area (Å²) in [5.41, 5.74) is 6.97. The van der Waals surface area contributed by atoms with Gasteiger partial charge in [0.1, 0.15) is 11.6 Å². The van der Waals surface area contributed by atoms with E-state index in [1.807, 2.05) is 0 Å². The highest BCUT2D eigenvalue weighted by molar-refractivity contribution is 9.10. The second-order valence-electron chi connectivity index (χ2n) is 3.48. The number of nitrogens with one attached hydrogen (secondary N) is 1. The fourth-order valence-corrected chi connectivity index (χ4v) is 1.73. The second kappa shape index (κ2) is 4.71. The molecule has 0 aliphatic heterocycles. The van der Waals surface area contributed by atoms with Crippen LogP contribution in [0.4, 0.5) is 25.8 Å². The minimum Gasteiger partial charge on any atom is -0.397 e. The normalized spacial score (nSPS) is 10.3. The highest BCUT2D eigenvalue weighted by atomic mass is 79.9. The van der Waals surface area contributed by atoms with Crippen LogP contribution in [0.15, 0.2) is 40.9 Å². The minimum absolute atomic E-state index is 0.265. The van der Waals surface area contributed by atoms with Crippen LogP contribution in [0, 0.1) is 11.6 Å². The summed E-state index contributed by atoms with van der Waals surface area (Å²) in [7, 11) is 0. The largest absolute Gasteiger partial charge is 0.397 e. The highest BCUT2D eigenvalue weighted by Gasteiger charge is 2.05. The van der Waals surface area contributed by atoms with Gasteiger partial charge in [-0.15, -0.1) is 0 Å². The van der Waals surface area contributed by atoms with Crippen molar-refractivity contribution in [3.63, 3.8) is 0 Å². The zero-order valence-electron chi connectivity index (χ0n) is 8.68. The van der Waals surface area contributed by atoms with Crippen molar-refractivity contribution in [2.75, 3.05) is 11.1 Å². The van der Waals surface area contributed by atoms with Crippen molar-refractivity contribution in [3.8, 4) is 0 Å². The Kier molecular flexibility index (Phi) is 3.28. The summed E-state index contributed by atoms with van der Waals surface area (Å²) < 4.78 is 26.6. The molecule has 2 rings (SSSR count). The maximum Gasteiger partial charge on any atom is 0.125 e. The van der Waals surface area contributed by atoms with E-state index in [-0.39, 0.29) is 11.5 Å². The number of halogens is 3. The van der Waals surface area contributed by atoms with Gasteiger partial charge in [-0.1, -0.05) is 0 Å². The van der Waals surface area contributed by atoms with Crippen molar-refractivity contribution in [1.29, 1.82) is 0 Å². The molecule has 0 heterocycles. The lowest BCUT2D eigenvalue weighted by Gasteiger charge is -2.11. The minimum atomic E-state index is -0.411. The molecule has 0 unspecified atom stereocenters. The highest BCUT2D eigenvalue weighted by Crippen LogP contribution is 2.29. The van der Waals surface area contributed by atoms with E-state index in [2.05, 4.69) is 21.2 Å². The first kappa shape index (κ1) is 11.9. The standard InChI is InChI=1S/C12H9BrF2N2/c13-9-3-1-8(15)6-12(9)17-11-4-2-7(14)5-10(11)16/h1-6,17H,16H2. The van der Waals surface area contributed by atoms with Gasteiger partial charge in [0, 0.05) is 4.47 Å². The van der Waals surface area contributed by atoms with Gasteiger partial charge in [-0.2, -0.15) is 0 Å². The molecule has 0 atom stereocenters. The van der Waals surface area contributed by atoms with Crippen LogP contribution >= 0.6 is 15.9 Å².